The Hall–Kier alpha value is -0.570. The maximum Gasteiger partial charge on any atom is 0.220 e. The molecule has 1 aliphatic rings. The predicted molar refractivity (Wildman–Crippen MR) is 51.2 cm³/mol. The first-order valence-corrected chi connectivity index (χ1v) is 4.90. The standard InChI is InChI=1S/C10H19NO2/c1-7(6-10(2,3)13)8-4-5-9(12)11-8/h7-8,13H,4-6H2,1-3H3,(H,11,12)/t7-,8+/m1/s1. The van der Waals surface area contributed by atoms with E-state index in [-0.39, 0.29) is 11.9 Å². The second-order valence-corrected chi connectivity index (χ2v) is 4.71. The van der Waals surface area contributed by atoms with Crippen LogP contribution in [-0.2, 0) is 4.79 Å². The number of hydrogen-bond donors (Lipinski definition) is 2. The highest BCUT2D eigenvalue weighted by Crippen LogP contribution is 2.23. The molecule has 1 saturated heterocycles. The lowest BCUT2D eigenvalue weighted by Gasteiger charge is -2.26. The summed E-state index contributed by atoms with van der Waals surface area (Å²) in [7, 11) is 0. The van der Waals surface area contributed by atoms with Gasteiger partial charge in [-0.05, 0) is 32.6 Å². The normalized spacial score (nSPS) is 25.8. The zero-order chi connectivity index (χ0) is 10.1. The summed E-state index contributed by atoms with van der Waals surface area (Å²) in [5.41, 5.74) is -0.632. The average molecular weight is 185 g/mol. The SMILES string of the molecule is C[C@H](CC(C)(C)O)[C@@H]1CCC(=O)N1. The lowest BCUT2D eigenvalue weighted by atomic mass is 9.89. The summed E-state index contributed by atoms with van der Waals surface area (Å²) < 4.78 is 0. The molecule has 0 unspecified atom stereocenters. The quantitative estimate of drug-likeness (QED) is 0.690. The molecule has 0 aromatic carbocycles. The minimum Gasteiger partial charge on any atom is -0.390 e. The van der Waals surface area contributed by atoms with Crippen molar-refractivity contribution >= 4 is 5.91 Å². The van der Waals surface area contributed by atoms with Gasteiger partial charge in [-0.2, -0.15) is 0 Å². The summed E-state index contributed by atoms with van der Waals surface area (Å²) in [5.74, 6) is 0.499. The summed E-state index contributed by atoms with van der Waals surface area (Å²) in [6, 6.07) is 0.263. The molecule has 2 atom stereocenters. The average Bonchev–Trinajstić information content (AvgIpc) is 2.31. The fourth-order valence-electron chi connectivity index (χ4n) is 1.99. The molecule has 3 heteroatoms. The number of amides is 1. The number of carbonyl (C=O) groups is 1. The van der Waals surface area contributed by atoms with Crippen LogP contribution in [0.1, 0.15) is 40.0 Å². The van der Waals surface area contributed by atoms with Crippen LogP contribution in [-0.4, -0.2) is 22.7 Å². The molecule has 0 bridgehead atoms. The van der Waals surface area contributed by atoms with Gasteiger partial charge in [-0.15, -0.1) is 0 Å². The molecular formula is C10H19NO2. The van der Waals surface area contributed by atoms with Crippen molar-refractivity contribution in [2.75, 3.05) is 0 Å². The Balaban J connectivity index is 2.40. The molecule has 1 rings (SSSR count). The molecule has 0 radical (unpaired) electrons. The maximum absolute atomic E-state index is 10.9. The van der Waals surface area contributed by atoms with E-state index in [1.165, 1.54) is 0 Å². The Bertz CT molecular complexity index is 196. The van der Waals surface area contributed by atoms with Crippen molar-refractivity contribution in [2.45, 2.75) is 51.7 Å². The highest BCUT2D eigenvalue weighted by molar-refractivity contribution is 5.78. The van der Waals surface area contributed by atoms with Crippen LogP contribution in [0.3, 0.4) is 0 Å². The third kappa shape index (κ3) is 3.35. The fourth-order valence-corrected chi connectivity index (χ4v) is 1.99. The van der Waals surface area contributed by atoms with Crippen molar-refractivity contribution in [3.8, 4) is 0 Å². The lowest BCUT2D eigenvalue weighted by Crippen LogP contribution is -2.35. The molecule has 0 aromatic heterocycles. The lowest BCUT2D eigenvalue weighted by molar-refractivity contribution is -0.119. The second kappa shape index (κ2) is 3.66. The van der Waals surface area contributed by atoms with E-state index in [0.29, 0.717) is 12.3 Å². The Morgan fingerprint density at radius 1 is 1.69 bits per heavy atom. The Morgan fingerprint density at radius 3 is 2.69 bits per heavy atom. The van der Waals surface area contributed by atoms with E-state index < -0.39 is 5.60 Å². The van der Waals surface area contributed by atoms with E-state index in [1.807, 2.05) is 0 Å². The van der Waals surface area contributed by atoms with Gasteiger partial charge in [0.2, 0.25) is 5.91 Å². The largest absolute Gasteiger partial charge is 0.390 e. The molecule has 1 amide bonds. The topological polar surface area (TPSA) is 49.3 Å². The van der Waals surface area contributed by atoms with Crippen molar-refractivity contribution < 1.29 is 9.90 Å². The highest BCUT2D eigenvalue weighted by Gasteiger charge is 2.29. The maximum atomic E-state index is 10.9. The van der Waals surface area contributed by atoms with Gasteiger partial charge in [0.15, 0.2) is 0 Å². The first-order chi connectivity index (χ1) is 5.88. The monoisotopic (exact) mass is 185 g/mol. The highest BCUT2D eigenvalue weighted by atomic mass is 16.3. The molecule has 1 heterocycles. The number of rotatable bonds is 3. The second-order valence-electron chi connectivity index (χ2n) is 4.71. The van der Waals surface area contributed by atoms with Crippen LogP contribution in [0.25, 0.3) is 0 Å². The first-order valence-electron chi connectivity index (χ1n) is 4.90. The molecule has 3 nitrogen and oxygen atoms in total. The van der Waals surface area contributed by atoms with Crippen LogP contribution in [0, 0.1) is 5.92 Å². The number of aliphatic hydroxyl groups is 1. The molecule has 0 spiro atoms. The Labute approximate surface area is 79.5 Å². The van der Waals surface area contributed by atoms with Crippen molar-refractivity contribution in [3.05, 3.63) is 0 Å². The van der Waals surface area contributed by atoms with Crippen LogP contribution in [0.2, 0.25) is 0 Å². The zero-order valence-electron chi connectivity index (χ0n) is 8.63. The van der Waals surface area contributed by atoms with Crippen molar-refractivity contribution in [1.29, 1.82) is 0 Å². The van der Waals surface area contributed by atoms with E-state index in [9.17, 15) is 9.90 Å². The van der Waals surface area contributed by atoms with E-state index in [1.54, 1.807) is 13.8 Å². The van der Waals surface area contributed by atoms with Crippen LogP contribution in [0.15, 0.2) is 0 Å². The molecule has 0 aliphatic carbocycles. The molecule has 0 saturated carbocycles. The first kappa shape index (κ1) is 10.5. The molecule has 0 aromatic rings. The van der Waals surface area contributed by atoms with Gasteiger partial charge in [0.1, 0.15) is 0 Å². The molecule has 13 heavy (non-hydrogen) atoms. The third-order valence-corrected chi connectivity index (χ3v) is 2.54. The number of nitrogens with one attached hydrogen (secondary N) is 1. The van der Waals surface area contributed by atoms with Crippen molar-refractivity contribution in [1.82, 2.24) is 5.32 Å². The Kier molecular flexibility index (Phi) is 2.96. The van der Waals surface area contributed by atoms with Gasteiger partial charge in [0.25, 0.3) is 0 Å². The van der Waals surface area contributed by atoms with E-state index in [4.69, 9.17) is 0 Å². The predicted octanol–water partition coefficient (Wildman–Crippen LogP) is 1.06. The third-order valence-electron chi connectivity index (χ3n) is 2.54. The van der Waals surface area contributed by atoms with E-state index in [0.717, 1.165) is 12.8 Å². The summed E-state index contributed by atoms with van der Waals surface area (Å²) in [6.07, 6.45) is 2.29. The number of hydrogen-bond acceptors (Lipinski definition) is 2. The van der Waals surface area contributed by atoms with Gasteiger partial charge >= 0.3 is 0 Å². The molecule has 1 fully saturated rings. The molecule has 1 aliphatic heterocycles. The van der Waals surface area contributed by atoms with E-state index in [2.05, 4.69) is 12.2 Å². The Morgan fingerprint density at radius 2 is 2.31 bits per heavy atom. The van der Waals surface area contributed by atoms with Crippen LogP contribution >= 0.6 is 0 Å². The minimum atomic E-state index is -0.632. The number of carbonyl (C=O) groups excluding carboxylic acids is 1. The molecular weight excluding hydrogens is 166 g/mol. The fraction of sp³-hybridized carbons (Fsp3) is 0.900. The molecule has 76 valence electrons. The van der Waals surface area contributed by atoms with Gasteiger partial charge in [-0.3, -0.25) is 4.79 Å². The van der Waals surface area contributed by atoms with Gasteiger partial charge in [0.05, 0.1) is 5.60 Å². The van der Waals surface area contributed by atoms with Crippen LogP contribution < -0.4 is 5.32 Å². The van der Waals surface area contributed by atoms with Gasteiger partial charge in [-0.1, -0.05) is 6.92 Å². The van der Waals surface area contributed by atoms with E-state index >= 15 is 0 Å². The summed E-state index contributed by atoms with van der Waals surface area (Å²) >= 11 is 0. The summed E-state index contributed by atoms with van der Waals surface area (Å²) in [5, 5.41) is 12.5. The smallest absolute Gasteiger partial charge is 0.220 e. The van der Waals surface area contributed by atoms with Crippen molar-refractivity contribution in [2.24, 2.45) is 5.92 Å². The zero-order valence-corrected chi connectivity index (χ0v) is 8.63. The summed E-state index contributed by atoms with van der Waals surface area (Å²) in [6.45, 7) is 5.69. The summed E-state index contributed by atoms with van der Waals surface area (Å²) in [4.78, 5) is 10.9. The van der Waals surface area contributed by atoms with Crippen LogP contribution in [0.4, 0.5) is 0 Å². The van der Waals surface area contributed by atoms with Gasteiger partial charge in [0, 0.05) is 12.5 Å². The van der Waals surface area contributed by atoms with Crippen LogP contribution in [0.5, 0.6) is 0 Å². The van der Waals surface area contributed by atoms with Gasteiger partial charge in [-0.25, -0.2) is 0 Å². The van der Waals surface area contributed by atoms with Crippen molar-refractivity contribution in [3.63, 3.8) is 0 Å². The van der Waals surface area contributed by atoms with Gasteiger partial charge < -0.3 is 10.4 Å². The molecule has 2 N–H and O–H groups in total. The minimum absolute atomic E-state index is 0.146.